The first kappa shape index (κ1) is 13.0. The van der Waals surface area contributed by atoms with Gasteiger partial charge >= 0.3 is 7.25 Å². The van der Waals surface area contributed by atoms with Crippen molar-refractivity contribution in [3.8, 4) is 0 Å². The molecule has 1 rings (SSSR count). The van der Waals surface area contributed by atoms with E-state index in [1.807, 2.05) is 0 Å². The Morgan fingerprint density at radius 2 is 1.29 bits per heavy atom. The van der Waals surface area contributed by atoms with Crippen LogP contribution in [0.1, 0.15) is 0 Å². The van der Waals surface area contributed by atoms with E-state index in [9.17, 15) is 17.3 Å². The highest BCUT2D eigenvalue weighted by molar-refractivity contribution is 6.50. The first-order valence-electron chi connectivity index (χ1n) is 3.54. The number of rotatable bonds is 2. The molecule has 14 heavy (non-hydrogen) atoms. The maximum atomic E-state index is 9.75. The third-order valence-electron chi connectivity index (χ3n) is 1.15. The van der Waals surface area contributed by atoms with Gasteiger partial charge in [-0.05, 0) is 0 Å². The number of nitrogens with zero attached hydrogens (tertiary/aromatic N) is 2. The van der Waals surface area contributed by atoms with Crippen molar-refractivity contribution < 1.29 is 26.9 Å². The zero-order chi connectivity index (χ0) is 11.2. The highest BCUT2D eigenvalue weighted by Crippen LogP contribution is 2.06. The lowest BCUT2D eigenvalue weighted by Gasteiger charge is -2.15. The van der Waals surface area contributed by atoms with Gasteiger partial charge in [0.25, 0.3) is 0 Å². The second kappa shape index (κ2) is 5.71. The van der Waals surface area contributed by atoms with E-state index in [1.54, 1.807) is 36.7 Å². The molecule has 0 aromatic heterocycles. The van der Waals surface area contributed by atoms with Crippen molar-refractivity contribution in [2.75, 3.05) is 20.9 Å². The van der Waals surface area contributed by atoms with Gasteiger partial charge < -0.3 is 17.3 Å². The Balaban J connectivity index is 0.000000292. The molecule has 0 aromatic carbocycles. The Labute approximate surface area is 78.7 Å². The summed E-state index contributed by atoms with van der Waals surface area (Å²) < 4.78 is 39.0. The van der Waals surface area contributed by atoms with Crippen LogP contribution in [0, 0.1) is 0 Å². The zero-order valence-corrected chi connectivity index (χ0v) is 7.66. The van der Waals surface area contributed by atoms with Crippen molar-refractivity contribution >= 4 is 7.25 Å². The third kappa shape index (κ3) is 7.68. The lowest BCUT2D eigenvalue weighted by atomic mass is 10.3. The molecule has 4 nitrogen and oxygen atoms in total. The Kier molecular flexibility index (Phi) is 5.32. The summed E-state index contributed by atoms with van der Waals surface area (Å²) >= 11 is 0. The van der Waals surface area contributed by atoms with Crippen molar-refractivity contribution in [2.24, 2.45) is 0 Å². The Morgan fingerprint density at radius 3 is 1.43 bits per heavy atom. The quantitative estimate of drug-likeness (QED) is 0.516. The average Bonchev–Trinajstić information content (AvgIpc) is 2.48. The van der Waals surface area contributed by atoms with Crippen LogP contribution in [0.3, 0.4) is 0 Å². The van der Waals surface area contributed by atoms with Crippen molar-refractivity contribution in [3.63, 3.8) is 0 Å². The van der Waals surface area contributed by atoms with Crippen LogP contribution in [0.2, 0.25) is 0 Å². The van der Waals surface area contributed by atoms with Gasteiger partial charge in [0.2, 0.25) is 0 Å². The predicted molar refractivity (Wildman–Crippen MR) is 41.9 cm³/mol. The topological polar surface area (TPSA) is 24.9 Å². The molecule has 84 valence electrons. The van der Waals surface area contributed by atoms with E-state index in [0.29, 0.717) is 6.67 Å². The molecule has 1 aliphatic rings. The Morgan fingerprint density at radius 1 is 1.00 bits per heavy atom. The van der Waals surface area contributed by atoms with Crippen LogP contribution in [0.15, 0.2) is 12.4 Å². The molecule has 0 radical (unpaired) electrons. The van der Waals surface area contributed by atoms with E-state index >= 15 is 0 Å². The van der Waals surface area contributed by atoms with Crippen LogP contribution in [0.5, 0.6) is 0 Å². The number of halogens is 4. The summed E-state index contributed by atoms with van der Waals surface area (Å²) in [5.41, 5.74) is 0. The van der Waals surface area contributed by atoms with Gasteiger partial charge in [0.15, 0.2) is 0 Å². The van der Waals surface area contributed by atoms with E-state index in [0.717, 1.165) is 0 Å². The van der Waals surface area contributed by atoms with Gasteiger partial charge in [0.1, 0.15) is 6.67 Å². The monoisotopic (exact) mass is 217 g/mol. The van der Waals surface area contributed by atoms with E-state index in [1.165, 1.54) is 0 Å². The normalized spacial score (nSPS) is 15.6. The lowest BCUT2D eigenvalue weighted by Crippen LogP contribution is -2.23. The van der Waals surface area contributed by atoms with E-state index in [2.05, 4.69) is 0 Å². The minimum atomic E-state index is -6.00. The molecule has 1 heterocycles. The summed E-state index contributed by atoms with van der Waals surface area (Å²) in [6, 6.07) is 0. The molecule has 0 amide bonds. The van der Waals surface area contributed by atoms with E-state index < -0.39 is 7.25 Å². The minimum absolute atomic E-state index is 0.632. The van der Waals surface area contributed by atoms with Crippen LogP contribution in [-0.2, 0) is 9.68 Å². The van der Waals surface area contributed by atoms with E-state index in [-0.39, 0.29) is 0 Å². The standard InChI is InChI=1S/C5H10N2O2.BF4/c1-8-6-3-4-7(5-6)9-2;2-1(3,4)5/h3-4H,5H2,1-2H3;/q;-1. The second-order valence-electron chi connectivity index (χ2n) is 2.13. The first-order chi connectivity index (χ1) is 6.36. The van der Waals surface area contributed by atoms with Gasteiger partial charge in [-0.15, -0.1) is 0 Å². The molecular formula is C5H10BF4N2O2-. The fraction of sp³-hybridized carbons (Fsp3) is 0.600. The van der Waals surface area contributed by atoms with E-state index in [4.69, 9.17) is 9.68 Å². The fourth-order valence-electron chi connectivity index (χ4n) is 0.618. The molecule has 0 unspecified atom stereocenters. The van der Waals surface area contributed by atoms with Gasteiger partial charge in [-0.2, -0.15) is 0 Å². The smallest absolute Gasteiger partial charge is 0.418 e. The fourth-order valence-corrected chi connectivity index (χ4v) is 0.618. The molecule has 0 bridgehead atoms. The van der Waals surface area contributed by atoms with Crippen LogP contribution in [-0.4, -0.2) is 38.3 Å². The molecule has 0 fully saturated rings. The molecule has 1 aliphatic heterocycles. The van der Waals surface area contributed by atoms with Crippen LogP contribution >= 0.6 is 0 Å². The van der Waals surface area contributed by atoms with Crippen molar-refractivity contribution in [3.05, 3.63) is 12.4 Å². The first-order valence-corrected chi connectivity index (χ1v) is 3.54. The van der Waals surface area contributed by atoms with Gasteiger partial charge in [-0.1, -0.05) is 0 Å². The number of hydrogen-bond acceptors (Lipinski definition) is 4. The Bertz CT molecular complexity index is 171. The van der Waals surface area contributed by atoms with Gasteiger partial charge in [-0.3, -0.25) is 9.68 Å². The summed E-state index contributed by atoms with van der Waals surface area (Å²) in [6.07, 6.45) is 3.59. The van der Waals surface area contributed by atoms with Gasteiger partial charge in [0, 0.05) is 12.4 Å². The number of hydrogen-bond donors (Lipinski definition) is 0. The van der Waals surface area contributed by atoms with Crippen LogP contribution in [0.4, 0.5) is 17.3 Å². The SMILES string of the molecule is CON1C=CN(OC)C1.F[B-](F)(F)F. The highest BCUT2D eigenvalue weighted by Gasteiger charge is 2.20. The highest BCUT2D eigenvalue weighted by atomic mass is 19.5. The maximum Gasteiger partial charge on any atom is 0.673 e. The molecule has 9 heteroatoms. The summed E-state index contributed by atoms with van der Waals surface area (Å²) in [5.74, 6) is 0. The molecule has 0 saturated carbocycles. The second-order valence-corrected chi connectivity index (χ2v) is 2.13. The minimum Gasteiger partial charge on any atom is -0.418 e. The van der Waals surface area contributed by atoms with Crippen molar-refractivity contribution in [1.29, 1.82) is 0 Å². The molecule has 0 atom stereocenters. The summed E-state index contributed by atoms with van der Waals surface area (Å²) in [6.45, 7) is 0.632. The largest absolute Gasteiger partial charge is 0.673 e. The maximum absolute atomic E-state index is 9.75. The van der Waals surface area contributed by atoms with Crippen LogP contribution in [0.25, 0.3) is 0 Å². The number of hydroxylamine groups is 4. The van der Waals surface area contributed by atoms with Crippen molar-refractivity contribution in [2.45, 2.75) is 0 Å². The molecule has 0 spiro atoms. The lowest BCUT2D eigenvalue weighted by molar-refractivity contribution is -0.169. The molecule has 0 N–H and O–H groups in total. The summed E-state index contributed by atoms with van der Waals surface area (Å²) in [7, 11) is -2.77. The van der Waals surface area contributed by atoms with Gasteiger partial charge in [-0.25, -0.2) is 10.1 Å². The van der Waals surface area contributed by atoms with Crippen molar-refractivity contribution in [1.82, 2.24) is 10.1 Å². The predicted octanol–water partition coefficient (Wildman–Crippen LogP) is 1.46. The Hall–Kier alpha value is -0.955. The summed E-state index contributed by atoms with van der Waals surface area (Å²) in [5, 5.41) is 3.31. The molecule has 0 aromatic rings. The third-order valence-corrected chi connectivity index (χ3v) is 1.15. The average molecular weight is 217 g/mol. The molecule has 0 saturated heterocycles. The summed E-state index contributed by atoms with van der Waals surface area (Å²) in [4.78, 5) is 9.74. The zero-order valence-electron chi connectivity index (χ0n) is 7.66. The molecular weight excluding hydrogens is 207 g/mol. The van der Waals surface area contributed by atoms with Crippen LogP contribution < -0.4 is 0 Å². The van der Waals surface area contributed by atoms with Gasteiger partial charge in [0.05, 0.1) is 14.2 Å². The molecule has 0 aliphatic carbocycles.